The molecule has 7 nitrogen and oxygen atoms in total. The summed E-state index contributed by atoms with van der Waals surface area (Å²) < 4.78 is 26.1. The van der Waals surface area contributed by atoms with Crippen molar-refractivity contribution in [2.45, 2.75) is 25.6 Å². The Morgan fingerprint density at radius 1 is 1.00 bits per heavy atom. The second-order valence-corrected chi connectivity index (χ2v) is 9.73. The Morgan fingerprint density at radius 2 is 1.69 bits per heavy atom. The van der Waals surface area contributed by atoms with Crippen LogP contribution in [0.25, 0.3) is 11.5 Å². The molecule has 0 radical (unpaired) electrons. The summed E-state index contributed by atoms with van der Waals surface area (Å²) in [6, 6.07) is 26.5. The van der Waals surface area contributed by atoms with Gasteiger partial charge in [0, 0.05) is 18.5 Å². The zero-order valence-corrected chi connectivity index (χ0v) is 20.8. The van der Waals surface area contributed by atoms with Gasteiger partial charge in [-0.1, -0.05) is 60.7 Å². The van der Waals surface area contributed by atoms with Crippen molar-refractivity contribution < 1.29 is 23.3 Å². The predicted octanol–water partition coefficient (Wildman–Crippen LogP) is 5.02. The van der Waals surface area contributed by atoms with Crippen molar-refractivity contribution >= 4 is 17.0 Å². The second kappa shape index (κ2) is 12.3. The third-order valence-electron chi connectivity index (χ3n) is 5.51. The molecular weight excluding hydrogens is 476 g/mol. The van der Waals surface area contributed by atoms with E-state index in [4.69, 9.17) is 9.15 Å². The van der Waals surface area contributed by atoms with E-state index in [0.717, 1.165) is 28.1 Å². The summed E-state index contributed by atoms with van der Waals surface area (Å²) in [6.45, 7) is 2.21. The highest BCUT2D eigenvalue weighted by molar-refractivity contribution is 7.81. The van der Waals surface area contributed by atoms with Crippen molar-refractivity contribution in [2.75, 3.05) is 13.2 Å². The van der Waals surface area contributed by atoms with E-state index in [0.29, 0.717) is 24.7 Å². The number of hydrogen-bond donors (Lipinski definition) is 1. The molecule has 0 aliphatic heterocycles. The molecule has 0 aliphatic carbocycles. The van der Waals surface area contributed by atoms with Crippen molar-refractivity contribution in [1.29, 1.82) is 0 Å². The molecule has 0 aliphatic rings. The fourth-order valence-electron chi connectivity index (χ4n) is 3.73. The lowest BCUT2D eigenvalue weighted by Gasteiger charge is -2.20. The molecule has 0 saturated heterocycles. The third kappa shape index (κ3) is 7.13. The fraction of sp³-hybridized carbons (Fsp3) is 0.214. The van der Waals surface area contributed by atoms with Crippen molar-refractivity contribution in [3.05, 3.63) is 108 Å². The molecule has 1 aromatic heterocycles. The first kappa shape index (κ1) is 25.3. The maximum atomic E-state index is 12.9. The molecule has 36 heavy (non-hydrogen) atoms. The number of carbonyl (C=O) groups is 1. The highest BCUT2D eigenvalue weighted by Crippen LogP contribution is 2.22. The zero-order valence-electron chi connectivity index (χ0n) is 20.0. The van der Waals surface area contributed by atoms with Gasteiger partial charge in [0.05, 0.1) is 29.0 Å². The first-order valence-corrected chi connectivity index (χ1v) is 12.9. The highest BCUT2D eigenvalue weighted by atomic mass is 32.2. The summed E-state index contributed by atoms with van der Waals surface area (Å²) in [7, 11) is -1.49. The number of aromatic nitrogens is 1. The van der Waals surface area contributed by atoms with Crippen LogP contribution in [0.3, 0.4) is 0 Å². The molecule has 0 amide bonds. The molecule has 8 heteroatoms. The third-order valence-corrected chi connectivity index (χ3v) is 6.93. The van der Waals surface area contributed by atoms with Crippen LogP contribution in [0.4, 0.5) is 0 Å². The largest absolute Gasteiger partial charge is 0.493 e. The van der Waals surface area contributed by atoms with Gasteiger partial charge in [0.2, 0.25) is 5.89 Å². The van der Waals surface area contributed by atoms with E-state index < -0.39 is 17.0 Å². The van der Waals surface area contributed by atoms with Gasteiger partial charge < -0.3 is 14.3 Å². The topological polar surface area (TPSA) is 92.9 Å². The smallest absolute Gasteiger partial charge is 0.318 e. The average Bonchev–Trinajstić information content (AvgIpc) is 3.25. The monoisotopic (exact) mass is 504 g/mol. The summed E-state index contributed by atoms with van der Waals surface area (Å²) in [5, 5.41) is 9.34. The Labute approximate surface area is 213 Å². The number of oxazole rings is 1. The van der Waals surface area contributed by atoms with Crippen molar-refractivity contribution in [3.63, 3.8) is 0 Å². The van der Waals surface area contributed by atoms with Crippen LogP contribution in [0, 0.1) is 6.92 Å². The number of nitrogens with zero attached hydrogens (tertiary/aromatic N) is 2. The lowest BCUT2D eigenvalue weighted by molar-refractivity contribution is -0.137. The van der Waals surface area contributed by atoms with E-state index in [9.17, 15) is 14.1 Å². The van der Waals surface area contributed by atoms with Crippen LogP contribution in [-0.4, -0.2) is 37.7 Å². The standard InChI is InChI=1S/C28H28N2O5S/c1-21-26(29-28(35-21)24-12-6-3-7-13-24)15-16-34-25-14-8-11-23(17-25)18-30(19-27(31)32)36(33)20-22-9-4-2-5-10-22/h2-14,17H,15-16,18-20H2,1H3,(H,31,32). The van der Waals surface area contributed by atoms with Gasteiger partial charge in [-0.3, -0.25) is 4.79 Å². The van der Waals surface area contributed by atoms with Crippen LogP contribution < -0.4 is 4.74 Å². The lowest BCUT2D eigenvalue weighted by Crippen LogP contribution is -2.32. The molecule has 0 bridgehead atoms. The maximum absolute atomic E-state index is 12.9. The van der Waals surface area contributed by atoms with Crippen molar-refractivity contribution in [1.82, 2.24) is 9.29 Å². The summed E-state index contributed by atoms with van der Waals surface area (Å²) in [6.07, 6.45) is 0.582. The molecular formula is C28H28N2O5S. The van der Waals surface area contributed by atoms with Gasteiger partial charge in [0.1, 0.15) is 18.1 Å². The number of carboxylic acids is 1. The van der Waals surface area contributed by atoms with Gasteiger partial charge in [0.15, 0.2) is 0 Å². The van der Waals surface area contributed by atoms with Crippen LogP contribution in [0.5, 0.6) is 5.75 Å². The molecule has 4 rings (SSSR count). The van der Waals surface area contributed by atoms with E-state index in [1.807, 2.05) is 91.9 Å². The van der Waals surface area contributed by atoms with Gasteiger partial charge in [-0.15, -0.1) is 0 Å². The molecule has 1 heterocycles. The van der Waals surface area contributed by atoms with Crippen molar-refractivity contribution in [2.24, 2.45) is 0 Å². The molecule has 0 fully saturated rings. The van der Waals surface area contributed by atoms with Crippen LogP contribution >= 0.6 is 0 Å². The van der Waals surface area contributed by atoms with E-state index in [2.05, 4.69) is 4.98 Å². The van der Waals surface area contributed by atoms with Crippen LogP contribution in [0.2, 0.25) is 0 Å². The molecule has 1 unspecified atom stereocenters. The summed E-state index contributed by atoms with van der Waals surface area (Å²) in [4.78, 5) is 16.0. The summed E-state index contributed by atoms with van der Waals surface area (Å²) in [5.74, 6) is 1.23. The minimum atomic E-state index is -1.49. The first-order chi connectivity index (χ1) is 17.5. The SMILES string of the molecule is Cc1oc(-c2ccccc2)nc1CCOc1cccc(CN(CC(=O)O)S(=O)Cc2ccccc2)c1. The van der Waals surface area contributed by atoms with E-state index in [-0.39, 0.29) is 18.8 Å². The number of aliphatic carboxylic acids is 1. The van der Waals surface area contributed by atoms with Gasteiger partial charge in [-0.25, -0.2) is 13.5 Å². The Balaban J connectivity index is 1.36. The minimum Gasteiger partial charge on any atom is -0.493 e. The maximum Gasteiger partial charge on any atom is 0.318 e. The second-order valence-electron chi connectivity index (χ2n) is 8.28. The predicted molar refractivity (Wildman–Crippen MR) is 139 cm³/mol. The Hall–Kier alpha value is -3.75. The highest BCUT2D eigenvalue weighted by Gasteiger charge is 2.18. The first-order valence-electron chi connectivity index (χ1n) is 11.6. The normalized spacial score (nSPS) is 11.9. The number of carboxylic acid groups (broad SMARTS) is 1. The minimum absolute atomic E-state index is 0.228. The average molecular weight is 505 g/mol. The Morgan fingerprint density at radius 3 is 2.42 bits per heavy atom. The van der Waals surface area contributed by atoms with Crippen LogP contribution in [0.15, 0.2) is 89.3 Å². The lowest BCUT2D eigenvalue weighted by atomic mass is 10.2. The number of aryl methyl sites for hydroxylation is 1. The van der Waals surface area contributed by atoms with E-state index >= 15 is 0 Å². The van der Waals surface area contributed by atoms with E-state index in [1.165, 1.54) is 4.31 Å². The number of hydrogen-bond acceptors (Lipinski definition) is 5. The van der Waals surface area contributed by atoms with Gasteiger partial charge >= 0.3 is 5.97 Å². The summed E-state index contributed by atoms with van der Waals surface area (Å²) >= 11 is 0. The molecule has 1 N–H and O–H groups in total. The van der Waals surface area contributed by atoms with Crippen LogP contribution in [0.1, 0.15) is 22.6 Å². The van der Waals surface area contributed by atoms with E-state index in [1.54, 1.807) is 0 Å². The summed E-state index contributed by atoms with van der Waals surface area (Å²) in [5.41, 5.74) is 3.48. The molecule has 3 aromatic carbocycles. The molecule has 0 saturated carbocycles. The zero-order chi connectivity index (χ0) is 25.3. The fourth-order valence-corrected chi connectivity index (χ4v) is 4.93. The quantitative estimate of drug-likeness (QED) is 0.291. The Bertz CT molecular complexity index is 1310. The number of ether oxygens (including phenoxy) is 1. The van der Waals surface area contributed by atoms with Crippen molar-refractivity contribution in [3.8, 4) is 17.2 Å². The van der Waals surface area contributed by atoms with Gasteiger partial charge in [0.25, 0.3) is 0 Å². The molecule has 1 atom stereocenters. The Kier molecular flexibility index (Phi) is 8.65. The molecule has 186 valence electrons. The molecule has 0 spiro atoms. The van der Waals surface area contributed by atoms with Gasteiger partial charge in [-0.2, -0.15) is 0 Å². The van der Waals surface area contributed by atoms with Crippen LogP contribution in [-0.2, 0) is 34.5 Å². The van der Waals surface area contributed by atoms with Gasteiger partial charge in [-0.05, 0) is 42.3 Å². The molecule has 4 aromatic rings. The number of rotatable bonds is 12. The number of benzene rings is 3.